The highest BCUT2D eigenvalue weighted by atomic mass is 32.1. The van der Waals surface area contributed by atoms with Crippen molar-refractivity contribution in [3.63, 3.8) is 0 Å². The Hall–Kier alpha value is -3.59. The van der Waals surface area contributed by atoms with Crippen LogP contribution in [0.4, 0.5) is 0 Å². The average Bonchev–Trinajstić information content (AvgIpc) is 2.75. The van der Waals surface area contributed by atoms with E-state index in [9.17, 15) is 9.59 Å². The molecule has 29 heavy (non-hydrogen) atoms. The summed E-state index contributed by atoms with van der Waals surface area (Å²) in [6.45, 7) is -0.263. The van der Waals surface area contributed by atoms with Crippen LogP contribution in [0.25, 0.3) is 6.08 Å². The summed E-state index contributed by atoms with van der Waals surface area (Å²) in [5.74, 6) is 0.742. The number of para-hydroxylation sites is 2. The van der Waals surface area contributed by atoms with E-state index in [1.807, 2.05) is 0 Å². The zero-order valence-corrected chi connectivity index (χ0v) is 16.7. The molecule has 0 aliphatic rings. The lowest BCUT2D eigenvalue weighted by molar-refractivity contribution is -0.123. The van der Waals surface area contributed by atoms with E-state index in [1.165, 1.54) is 13.2 Å². The second-order valence-corrected chi connectivity index (χ2v) is 5.95. The highest BCUT2D eigenvalue weighted by molar-refractivity contribution is 7.80. The Balaban J connectivity index is 1.71. The Morgan fingerprint density at radius 2 is 1.66 bits per heavy atom. The molecule has 0 atom stereocenters. The molecule has 8 nitrogen and oxygen atoms in total. The molecule has 0 radical (unpaired) electrons. The first-order valence-corrected chi connectivity index (χ1v) is 8.90. The topological polar surface area (TPSA) is 97.9 Å². The van der Waals surface area contributed by atoms with E-state index in [0.717, 1.165) is 11.3 Å². The first kappa shape index (κ1) is 21.7. The van der Waals surface area contributed by atoms with Crippen LogP contribution in [0.3, 0.4) is 0 Å². The number of hydrazine groups is 1. The van der Waals surface area contributed by atoms with Gasteiger partial charge < -0.3 is 14.2 Å². The number of methoxy groups -OCH3 is 2. The molecular formula is C20H21N3O5S. The predicted octanol–water partition coefficient (Wildman–Crippen LogP) is 1.82. The number of ether oxygens (including phenoxy) is 3. The molecule has 9 heteroatoms. The summed E-state index contributed by atoms with van der Waals surface area (Å²) >= 11 is 4.96. The lowest BCUT2D eigenvalue weighted by Crippen LogP contribution is -2.49. The second-order valence-electron chi connectivity index (χ2n) is 5.54. The van der Waals surface area contributed by atoms with Gasteiger partial charge in [-0.15, -0.1) is 0 Å². The summed E-state index contributed by atoms with van der Waals surface area (Å²) in [6.07, 6.45) is 2.94. The second kappa shape index (κ2) is 11.3. The smallest absolute Gasteiger partial charge is 0.276 e. The van der Waals surface area contributed by atoms with Crippen LogP contribution < -0.4 is 30.4 Å². The van der Waals surface area contributed by atoms with Crippen LogP contribution in [0.1, 0.15) is 5.56 Å². The van der Waals surface area contributed by atoms with Gasteiger partial charge in [0, 0.05) is 6.08 Å². The fraction of sp³-hybridized carbons (Fsp3) is 0.150. The van der Waals surface area contributed by atoms with Crippen molar-refractivity contribution in [2.75, 3.05) is 20.8 Å². The number of carbonyl (C=O) groups is 2. The molecule has 2 aromatic rings. The van der Waals surface area contributed by atoms with Gasteiger partial charge in [0.05, 0.1) is 14.2 Å². The van der Waals surface area contributed by atoms with E-state index in [4.69, 9.17) is 26.4 Å². The molecule has 0 fully saturated rings. The molecule has 0 heterocycles. The Kier molecular flexibility index (Phi) is 8.46. The van der Waals surface area contributed by atoms with Crippen LogP contribution in [-0.2, 0) is 9.59 Å². The predicted molar refractivity (Wildman–Crippen MR) is 113 cm³/mol. The van der Waals surface area contributed by atoms with E-state index in [2.05, 4.69) is 16.2 Å². The minimum atomic E-state index is -0.485. The van der Waals surface area contributed by atoms with Gasteiger partial charge in [-0.1, -0.05) is 24.3 Å². The van der Waals surface area contributed by atoms with Crippen molar-refractivity contribution in [2.24, 2.45) is 0 Å². The standard InChI is InChI=1S/C20H21N3O5S/c1-26-15-10-7-14(8-11-15)9-12-18(24)21-20(29)23-22-19(25)13-28-17-6-4-3-5-16(17)27-2/h3-12H,13H2,1-2H3,(H,22,25)(H2,21,23,24,29). The average molecular weight is 415 g/mol. The third kappa shape index (κ3) is 7.51. The van der Waals surface area contributed by atoms with E-state index in [-0.39, 0.29) is 11.7 Å². The van der Waals surface area contributed by atoms with E-state index < -0.39 is 11.8 Å². The number of thiocarbonyl (C=S) groups is 1. The van der Waals surface area contributed by atoms with E-state index in [1.54, 1.807) is 61.7 Å². The largest absolute Gasteiger partial charge is 0.497 e. The molecule has 0 aliphatic carbocycles. The van der Waals surface area contributed by atoms with Crippen LogP contribution >= 0.6 is 12.2 Å². The van der Waals surface area contributed by atoms with Gasteiger partial charge in [-0.05, 0) is 48.1 Å². The van der Waals surface area contributed by atoms with Crippen LogP contribution in [0.2, 0.25) is 0 Å². The molecule has 0 bridgehead atoms. The number of hydrogen-bond donors (Lipinski definition) is 3. The van der Waals surface area contributed by atoms with Crippen molar-refractivity contribution >= 4 is 35.2 Å². The SMILES string of the molecule is COc1ccc(C=CC(=O)NC(=S)NNC(=O)COc2ccccc2OC)cc1. The van der Waals surface area contributed by atoms with Crippen LogP contribution in [0, 0.1) is 0 Å². The Morgan fingerprint density at radius 3 is 2.31 bits per heavy atom. The first-order valence-electron chi connectivity index (χ1n) is 8.49. The maximum atomic E-state index is 11.9. The van der Waals surface area contributed by atoms with E-state index in [0.29, 0.717) is 11.5 Å². The summed E-state index contributed by atoms with van der Waals surface area (Å²) in [4.78, 5) is 23.7. The normalized spacial score (nSPS) is 10.1. The third-order valence-electron chi connectivity index (χ3n) is 3.52. The third-order valence-corrected chi connectivity index (χ3v) is 3.73. The van der Waals surface area contributed by atoms with Crippen molar-refractivity contribution in [3.05, 3.63) is 60.2 Å². The highest BCUT2D eigenvalue weighted by Crippen LogP contribution is 2.25. The molecule has 152 valence electrons. The van der Waals surface area contributed by atoms with Gasteiger partial charge in [0.1, 0.15) is 5.75 Å². The number of benzene rings is 2. The van der Waals surface area contributed by atoms with Crippen molar-refractivity contribution in [1.29, 1.82) is 0 Å². The van der Waals surface area contributed by atoms with Gasteiger partial charge in [-0.25, -0.2) is 0 Å². The minimum Gasteiger partial charge on any atom is -0.497 e. The monoisotopic (exact) mass is 415 g/mol. The molecule has 2 aromatic carbocycles. The number of rotatable bonds is 7. The van der Waals surface area contributed by atoms with Crippen molar-refractivity contribution in [1.82, 2.24) is 16.2 Å². The fourth-order valence-electron chi connectivity index (χ4n) is 2.12. The van der Waals surface area contributed by atoms with Crippen molar-refractivity contribution < 1.29 is 23.8 Å². The summed E-state index contributed by atoms with van der Waals surface area (Å²) in [7, 11) is 3.09. The molecule has 0 unspecified atom stereocenters. The molecule has 3 N–H and O–H groups in total. The van der Waals surface area contributed by atoms with Crippen molar-refractivity contribution in [3.8, 4) is 17.2 Å². The molecular weight excluding hydrogens is 394 g/mol. The van der Waals surface area contributed by atoms with Crippen LogP contribution in [0.15, 0.2) is 54.6 Å². The quantitative estimate of drug-likeness (QED) is 0.360. The number of carbonyl (C=O) groups excluding carboxylic acids is 2. The zero-order chi connectivity index (χ0) is 21.1. The molecule has 2 rings (SSSR count). The Labute approximate surface area is 173 Å². The Bertz CT molecular complexity index is 884. The summed E-state index contributed by atoms with van der Waals surface area (Å²) in [5.41, 5.74) is 5.58. The van der Waals surface area contributed by atoms with E-state index >= 15 is 0 Å². The Morgan fingerprint density at radius 1 is 0.966 bits per heavy atom. The lowest BCUT2D eigenvalue weighted by Gasteiger charge is -2.12. The number of hydrogen-bond acceptors (Lipinski definition) is 6. The number of amides is 2. The van der Waals surface area contributed by atoms with Crippen molar-refractivity contribution in [2.45, 2.75) is 0 Å². The summed E-state index contributed by atoms with van der Waals surface area (Å²) in [5, 5.41) is 2.36. The maximum Gasteiger partial charge on any atom is 0.276 e. The molecule has 0 saturated heterocycles. The molecule has 0 saturated carbocycles. The maximum absolute atomic E-state index is 11.9. The van der Waals surface area contributed by atoms with Crippen LogP contribution in [0.5, 0.6) is 17.2 Å². The van der Waals surface area contributed by atoms with Gasteiger partial charge in [-0.3, -0.25) is 25.8 Å². The lowest BCUT2D eigenvalue weighted by atomic mass is 10.2. The van der Waals surface area contributed by atoms with Gasteiger partial charge in [0.2, 0.25) is 5.91 Å². The van der Waals surface area contributed by atoms with Gasteiger partial charge >= 0.3 is 0 Å². The first-order chi connectivity index (χ1) is 14.0. The summed E-state index contributed by atoms with van der Waals surface area (Å²) < 4.78 is 15.6. The highest BCUT2D eigenvalue weighted by Gasteiger charge is 2.07. The molecule has 0 aromatic heterocycles. The number of nitrogens with one attached hydrogen (secondary N) is 3. The van der Waals surface area contributed by atoms with Gasteiger partial charge in [0.25, 0.3) is 5.91 Å². The molecule has 0 spiro atoms. The molecule has 2 amide bonds. The minimum absolute atomic E-state index is 0.0555. The van der Waals surface area contributed by atoms with Crippen LogP contribution in [-0.4, -0.2) is 37.8 Å². The summed E-state index contributed by atoms with van der Waals surface area (Å²) in [6, 6.07) is 14.1. The van der Waals surface area contributed by atoms with Gasteiger partial charge in [-0.2, -0.15) is 0 Å². The van der Waals surface area contributed by atoms with Gasteiger partial charge in [0.15, 0.2) is 23.2 Å². The molecule has 0 aliphatic heterocycles. The fourth-order valence-corrected chi connectivity index (χ4v) is 2.27. The zero-order valence-electron chi connectivity index (χ0n) is 15.9.